The maximum atomic E-state index is 12.5. The molecule has 2 aromatic heterocycles. The van der Waals surface area contributed by atoms with Crippen molar-refractivity contribution in [3.63, 3.8) is 0 Å². The number of hydrogen-bond acceptors (Lipinski definition) is 3. The summed E-state index contributed by atoms with van der Waals surface area (Å²) in [6.07, 6.45) is 5.24. The summed E-state index contributed by atoms with van der Waals surface area (Å²) in [5.74, 6) is 1.04. The molecule has 5 heteroatoms. The molecule has 1 fully saturated rings. The van der Waals surface area contributed by atoms with Gasteiger partial charge in [0.2, 0.25) is 5.91 Å². The molecular weight excluding hydrogens is 266 g/mol. The lowest BCUT2D eigenvalue weighted by atomic mass is 10.1. The number of aromatic nitrogens is 2. The van der Waals surface area contributed by atoms with Crippen LogP contribution in [-0.2, 0) is 11.2 Å². The molecule has 3 heterocycles. The van der Waals surface area contributed by atoms with E-state index >= 15 is 0 Å². The first-order valence-electron chi connectivity index (χ1n) is 7.51. The van der Waals surface area contributed by atoms with Gasteiger partial charge >= 0.3 is 0 Å². The van der Waals surface area contributed by atoms with Crippen molar-refractivity contribution in [1.29, 1.82) is 0 Å². The lowest BCUT2D eigenvalue weighted by Gasteiger charge is -2.24. The quantitative estimate of drug-likeness (QED) is 0.940. The SMILES string of the molecule is Cc1noc(C)c1CCC(=O)N1CCC[C@H]1c1ccc[nH]1. The van der Waals surface area contributed by atoms with Crippen LogP contribution in [0.15, 0.2) is 22.9 Å². The molecule has 1 aliphatic rings. The third-order valence-corrected chi connectivity index (χ3v) is 4.32. The standard InChI is InChI=1S/C16H21N3O2/c1-11-13(12(2)21-18-11)7-8-16(20)19-10-4-6-15(19)14-5-3-9-17-14/h3,5,9,15,17H,4,6-8,10H2,1-2H3/t15-/m0/s1. The number of nitrogens with zero attached hydrogens (tertiary/aromatic N) is 2. The van der Waals surface area contributed by atoms with E-state index in [1.54, 1.807) is 0 Å². The molecule has 0 radical (unpaired) electrons. The zero-order valence-corrected chi connectivity index (χ0v) is 12.6. The zero-order valence-electron chi connectivity index (χ0n) is 12.6. The summed E-state index contributed by atoms with van der Waals surface area (Å²) in [5, 5.41) is 3.94. The van der Waals surface area contributed by atoms with E-state index in [2.05, 4.69) is 16.2 Å². The second-order valence-electron chi connectivity index (χ2n) is 5.67. The van der Waals surface area contributed by atoms with Gasteiger partial charge in [-0.15, -0.1) is 0 Å². The number of likely N-dealkylation sites (tertiary alicyclic amines) is 1. The van der Waals surface area contributed by atoms with E-state index in [4.69, 9.17) is 4.52 Å². The highest BCUT2D eigenvalue weighted by Gasteiger charge is 2.30. The van der Waals surface area contributed by atoms with Gasteiger partial charge in [0.15, 0.2) is 0 Å². The molecule has 0 unspecified atom stereocenters. The highest BCUT2D eigenvalue weighted by molar-refractivity contribution is 5.77. The molecule has 1 saturated heterocycles. The number of H-pyrrole nitrogens is 1. The maximum Gasteiger partial charge on any atom is 0.223 e. The van der Waals surface area contributed by atoms with Crippen LogP contribution in [0.1, 0.15) is 48.0 Å². The smallest absolute Gasteiger partial charge is 0.223 e. The van der Waals surface area contributed by atoms with Crippen LogP contribution in [-0.4, -0.2) is 27.5 Å². The van der Waals surface area contributed by atoms with E-state index < -0.39 is 0 Å². The van der Waals surface area contributed by atoms with Crippen molar-refractivity contribution in [3.8, 4) is 0 Å². The first-order valence-corrected chi connectivity index (χ1v) is 7.51. The predicted octanol–water partition coefficient (Wildman–Crippen LogP) is 2.92. The van der Waals surface area contributed by atoms with Crippen LogP contribution in [0.2, 0.25) is 0 Å². The number of aryl methyl sites for hydroxylation is 2. The Morgan fingerprint density at radius 3 is 3.05 bits per heavy atom. The molecule has 0 aromatic carbocycles. The largest absolute Gasteiger partial charge is 0.363 e. The molecule has 0 spiro atoms. The molecule has 0 aliphatic carbocycles. The fourth-order valence-corrected chi connectivity index (χ4v) is 3.17. The van der Waals surface area contributed by atoms with Crippen molar-refractivity contribution >= 4 is 5.91 Å². The van der Waals surface area contributed by atoms with Gasteiger partial charge in [-0.3, -0.25) is 4.79 Å². The van der Waals surface area contributed by atoms with Gasteiger partial charge in [-0.2, -0.15) is 0 Å². The molecule has 21 heavy (non-hydrogen) atoms. The summed E-state index contributed by atoms with van der Waals surface area (Å²) in [6, 6.07) is 4.25. The summed E-state index contributed by atoms with van der Waals surface area (Å²) in [4.78, 5) is 17.8. The van der Waals surface area contributed by atoms with Crippen molar-refractivity contribution < 1.29 is 9.32 Å². The van der Waals surface area contributed by atoms with Crippen molar-refractivity contribution in [1.82, 2.24) is 15.0 Å². The fourth-order valence-electron chi connectivity index (χ4n) is 3.17. The Hall–Kier alpha value is -2.04. The molecule has 1 aliphatic heterocycles. The summed E-state index contributed by atoms with van der Waals surface area (Å²) in [6.45, 7) is 4.68. The van der Waals surface area contributed by atoms with Gasteiger partial charge < -0.3 is 14.4 Å². The van der Waals surface area contributed by atoms with Gasteiger partial charge in [0.25, 0.3) is 0 Å². The second-order valence-corrected chi connectivity index (χ2v) is 5.67. The summed E-state index contributed by atoms with van der Waals surface area (Å²) >= 11 is 0. The minimum atomic E-state index is 0.206. The van der Waals surface area contributed by atoms with E-state index in [9.17, 15) is 4.79 Å². The van der Waals surface area contributed by atoms with E-state index in [1.807, 2.05) is 31.0 Å². The molecule has 2 aromatic rings. The molecule has 1 atom stereocenters. The van der Waals surface area contributed by atoms with Crippen LogP contribution in [0.3, 0.4) is 0 Å². The Bertz CT molecular complexity index is 596. The highest BCUT2D eigenvalue weighted by atomic mass is 16.5. The zero-order chi connectivity index (χ0) is 14.8. The molecule has 0 bridgehead atoms. The van der Waals surface area contributed by atoms with Gasteiger partial charge in [-0.25, -0.2) is 0 Å². The number of carbonyl (C=O) groups excluding carboxylic acids is 1. The first-order chi connectivity index (χ1) is 10.2. The highest BCUT2D eigenvalue weighted by Crippen LogP contribution is 2.31. The summed E-state index contributed by atoms with van der Waals surface area (Å²) < 4.78 is 5.15. The number of amides is 1. The van der Waals surface area contributed by atoms with Crippen molar-refractivity contribution in [2.75, 3.05) is 6.54 Å². The third-order valence-electron chi connectivity index (χ3n) is 4.32. The molecule has 0 saturated carbocycles. The number of hydrogen-bond donors (Lipinski definition) is 1. The number of rotatable bonds is 4. The average Bonchev–Trinajstić information content (AvgIpc) is 3.18. The minimum Gasteiger partial charge on any atom is -0.363 e. The topological polar surface area (TPSA) is 62.1 Å². The minimum absolute atomic E-state index is 0.206. The van der Waals surface area contributed by atoms with Crippen molar-refractivity contribution in [2.45, 2.75) is 45.6 Å². The Kier molecular flexibility index (Phi) is 3.82. The fraction of sp³-hybridized carbons (Fsp3) is 0.500. The van der Waals surface area contributed by atoms with E-state index in [0.717, 1.165) is 42.1 Å². The van der Waals surface area contributed by atoms with Gasteiger partial charge in [0.1, 0.15) is 5.76 Å². The van der Waals surface area contributed by atoms with E-state index in [0.29, 0.717) is 12.8 Å². The third kappa shape index (κ3) is 2.73. The number of nitrogens with one attached hydrogen (secondary N) is 1. The summed E-state index contributed by atoms with van der Waals surface area (Å²) in [5.41, 5.74) is 3.10. The Morgan fingerprint density at radius 2 is 2.38 bits per heavy atom. The number of carbonyl (C=O) groups is 1. The van der Waals surface area contributed by atoms with Gasteiger partial charge in [0, 0.05) is 30.4 Å². The molecule has 5 nitrogen and oxygen atoms in total. The van der Waals surface area contributed by atoms with Crippen LogP contribution in [0.5, 0.6) is 0 Å². The lowest BCUT2D eigenvalue weighted by molar-refractivity contribution is -0.132. The number of aromatic amines is 1. The molecule has 1 amide bonds. The molecule has 112 valence electrons. The van der Waals surface area contributed by atoms with Gasteiger partial charge in [-0.05, 0) is 45.2 Å². The second kappa shape index (κ2) is 5.76. The normalized spacial score (nSPS) is 18.4. The Balaban J connectivity index is 1.65. The van der Waals surface area contributed by atoms with Crippen LogP contribution in [0.25, 0.3) is 0 Å². The molecular formula is C16H21N3O2. The monoisotopic (exact) mass is 287 g/mol. The average molecular weight is 287 g/mol. The van der Waals surface area contributed by atoms with Crippen LogP contribution in [0, 0.1) is 13.8 Å². The van der Waals surface area contributed by atoms with E-state index in [1.165, 1.54) is 0 Å². The van der Waals surface area contributed by atoms with Crippen LogP contribution < -0.4 is 0 Å². The van der Waals surface area contributed by atoms with Crippen molar-refractivity contribution in [2.24, 2.45) is 0 Å². The van der Waals surface area contributed by atoms with E-state index in [-0.39, 0.29) is 11.9 Å². The molecule has 3 rings (SSSR count). The lowest BCUT2D eigenvalue weighted by Crippen LogP contribution is -2.30. The molecule has 1 N–H and O–H groups in total. The predicted molar refractivity (Wildman–Crippen MR) is 78.8 cm³/mol. The first kappa shape index (κ1) is 13.9. The Labute approximate surface area is 124 Å². The van der Waals surface area contributed by atoms with Gasteiger partial charge in [0.05, 0.1) is 11.7 Å². The van der Waals surface area contributed by atoms with Crippen LogP contribution >= 0.6 is 0 Å². The Morgan fingerprint density at radius 1 is 1.52 bits per heavy atom. The van der Waals surface area contributed by atoms with Gasteiger partial charge in [-0.1, -0.05) is 5.16 Å². The van der Waals surface area contributed by atoms with Crippen LogP contribution in [0.4, 0.5) is 0 Å². The maximum absolute atomic E-state index is 12.5. The summed E-state index contributed by atoms with van der Waals surface area (Å²) in [7, 11) is 0. The van der Waals surface area contributed by atoms with Crippen molar-refractivity contribution in [3.05, 3.63) is 41.0 Å².